The number of nitrogens with zero attached hydrogens (tertiary/aromatic N) is 1. The van der Waals surface area contributed by atoms with Crippen LogP contribution in [0.1, 0.15) is 64.6 Å². The van der Waals surface area contributed by atoms with E-state index in [2.05, 4.69) is 16.6 Å². The topological polar surface area (TPSA) is 87.7 Å². The van der Waals surface area contributed by atoms with Crippen LogP contribution in [0.25, 0.3) is 0 Å². The van der Waals surface area contributed by atoms with Gasteiger partial charge in [-0.05, 0) is 65.2 Å². The van der Waals surface area contributed by atoms with Gasteiger partial charge in [-0.3, -0.25) is 9.59 Å². The fraction of sp³-hybridized carbons (Fsp3) is 0.522. The molecule has 7 nitrogen and oxygen atoms in total. The first-order valence-corrected chi connectivity index (χ1v) is 10.2. The number of nitrogens with one attached hydrogen (secondary N) is 2. The van der Waals surface area contributed by atoms with Crippen molar-refractivity contribution in [2.45, 2.75) is 71.2 Å². The Labute approximate surface area is 178 Å². The molecule has 3 amide bonds. The number of hydrogen-bond acceptors (Lipinski definition) is 4. The van der Waals surface area contributed by atoms with Crippen LogP contribution < -0.4 is 10.6 Å². The minimum absolute atomic E-state index is 0.0480. The second-order valence-electron chi connectivity index (χ2n) is 8.72. The SMILES string of the molecule is C#Cc1ccc(C(C(=O)NC(C)C)N(C(=O)CNC(=O)OC(C)(C)C)C2CC2)cc1. The summed E-state index contributed by atoms with van der Waals surface area (Å²) < 4.78 is 5.20. The van der Waals surface area contributed by atoms with E-state index in [1.54, 1.807) is 49.9 Å². The third-order valence-corrected chi connectivity index (χ3v) is 4.36. The van der Waals surface area contributed by atoms with E-state index in [1.165, 1.54) is 0 Å². The molecule has 0 aromatic heterocycles. The number of carbonyl (C=O) groups is 3. The lowest BCUT2D eigenvalue weighted by Crippen LogP contribution is -2.49. The maximum Gasteiger partial charge on any atom is 0.408 e. The van der Waals surface area contributed by atoms with Crippen molar-refractivity contribution in [3.8, 4) is 12.3 Å². The number of carbonyl (C=O) groups excluding carboxylic acids is 3. The van der Waals surface area contributed by atoms with E-state index in [0.717, 1.165) is 12.8 Å². The molecule has 1 unspecified atom stereocenters. The summed E-state index contributed by atoms with van der Waals surface area (Å²) in [5, 5.41) is 5.39. The molecular weight excluding hydrogens is 382 g/mol. The lowest BCUT2D eigenvalue weighted by atomic mass is 10.0. The van der Waals surface area contributed by atoms with Crippen LogP contribution in [0, 0.1) is 12.3 Å². The molecule has 2 rings (SSSR count). The van der Waals surface area contributed by atoms with E-state index in [1.807, 2.05) is 13.8 Å². The van der Waals surface area contributed by atoms with Crippen LogP contribution in [-0.4, -0.2) is 47.0 Å². The molecule has 162 valence electrons. The molecule has 0 saturated heterocycles. The number of rotatable bonds is 7. The monoisotopic (exact) mass is 413 g/mol. The van der Waals surface area contributed by atoms with Crippen LogP contribution in [0.3, 0.4) is 0 Å². The Morgan fingerprint density at radius 1 is 1.20 bits per heavy atom. The van der Waals surface area contributed by atoms with Crippen molar-refractivity contribution in [1.82, 2.24) is 15.5 Å². The van der Waals surface area contributed by atoms with Gasteiger partial charge in [-0.2, -0.15) is 0 Å². The summed E-state index contributed by atoms with van der Waals surface area (Å²) in [6, 6.07) is 6.10. The van der Waals surface area contributed by atoms with Gasteiger partial charge in [0, 0.05) is 17.6 Å². The van der Waals surface area contributed by atoms with Crippen molar-refractivity contribution >= 4 is 17.9 Å². The highest BCUT2D eigenvalue weighted by atomic mass is 16.6. The summed E-state index contributed by atoms with van der Waals surface area (Å²) in [6.07, 6.45) is 6.38. The van der Waals surface area contributed by atoms with Crippen molar-refractivity contribution in [1.29, 1.82) is 0 Å². The van der Waals surface area contributed by atoms with Gasteiger partial charge in [0.25, 0.3) is 0 Å². The average Bonchev–Trinajstić information content (AvgIpc) is 3.47. The first-order chi connectivity index (χ1) is 14.0. The van der Waals surface area contributed by atoms with Gasteiger partial charge in [0.2, 0.25) is 11.8 Å². The highest BCUT2D eigenvalue weighted by molar-refractivity contribution is 5.91. The van der Waals surface area contributed by atoms with Gasteiger partial charge in [0.1, 0.15) is 18.2 Å². The molecule has 0 aliphatic heterocycles. The lowest BCUT2D eigenvalue weighted by molar-refractivity contribution is -0.141. The molecule has 1 fully saturated rings. The van der Waals surface area contributed by atoms with Gasteiger partial charge in [0.05, 0.1) is 0 Å². The van der Waals surface area contributed by atoms with Crippen molar-refractivity contribution < 1.29 is 19.1 Å². The van der Waals surface area contributed by atoms with Gasteiger partial charge < -0.3 is 20.3 Å². The molecule has 1 atom stereocenters. The number of hydrogen-bond donors (Lipinski definition) is 2. The van der Waals surface area contributed by atoms with E-state index in [9.17, 15) is 14.4 Å². The van der Waals surface area contributed by atoms with E-state index in [4.69, 9.17) is 11.2 Å². The number of terminal acetylenes is 1. The smallest absolute Gasteiger partial charge is 0.408 e. The standard InChI is InChI=1S/C23H31N3O4/c1-7-16-8-10-17(11-9-16)20(21(28)25-15(2)3)26(18-12-13-18)19(27)14-24-22(29)30-23(4,5)6/h1,8-11,15,18,20H,12-14H2,2-6H3,(H,24,29)(H,25,28). The molecule has 0 heterocycles. The van der Waals surface area contributed by atoms with Crippen LogP contribution in [0.4, 0.5) is 4.79 Å². The van der Waals surface area contributed by atoms with Gasteiger partial charge in [-0.1, -0.05) is 18.1 Å². The maximum atomic E-state index is 13.1. The summed E-state index contributed by atoms with van der Waals surface area (Å²) in [6.45, 7) is 8.72. The number of amides is 3. The van der Waals surface area contributed by atoms with E-state index in [0.29, 0.717) is 11.1 Å². The number of alkyl carbamates (subject to hydrolysis) is 1. The second kappa shape index (κ2) is 9.66. The second-order valence-corrected chi connectivity index (χ2v) is 8.72. The Bertz CT molecular complexity index is 814. The molecule has 0 spiro atoms. The van der Waals surface area contributed by atoms with Crippen LogP contribution in [0.5, 0.6) is 0 Å². The molecule has 2 N–H and O–H groups in total. The van der Waals surface area contributed by atoms with Crippen molar-refractivity contribution in [2.24, 2.45) is 0 Å². The minimum Gasteiger partial charge on any atom is -0.444 e. The van der Waals surface area contributed by atoms with Crippen LogP contribution in [0.15, 0.2) is 24.3 Å². The highest BCUT2D eigenvalue weighted by Gasteiger charge is 2.41. The molecule has 7 heteroatoms. The minimum atomic E-state index is -0.806. The summed E-state index contributed by atoms with van der Waals surface area (Å²) in [7, 11) is 0. The van der Waals surface area contributed by atoms with E-state index >= 15 is 0 Å². The summed E-state index contributed by atoms with van der Waals surface area (Å²) >= 11 is 0. The fourth-order valence-corrected chi connectivity index (χ4v) is 3.03. The number of ether oxygens (including phenoxy) is 1. The normalized spacial score (nSPS) is 14.4. The molecule has 30 heavy (non-hydrogen) atoms. The summed E-state index contributed by atoms with van der Waals surface area (Å²) in [4.78, 5) is 39.6. The first kappa shape index (κ1) is 23.3. The van der Waals surface area contributed by atoms with Crippen LogP contribution in [0.2, 0.25) is 0 Å². The predicted octanol–water partition coefficient (Wildman–Crippen LogP) is 2.75. The van der Waals surface area contributed by atoms with Gasteiger partial charge >= 0.3 is 6.09 Å². The van der Waals surface area contributed by atoms with Gasteiger partial charge in [-0.25, -0.2) is 4.79 Å². The molecule has 1 saturated carbocycles. The average molecular weight is 414 g/mol. The van der Waals surface area contributed by atoms with Crippen LogP contribution >= 0.6 is 0 Å². The third-order valence-electron chi connectivity index (χ3n) is 4.36. The molecule has 1 aliphatic carbocycles. The summed E-state index contributed by atoms with van der Waals surface area (Å²) in [5.41, 5.74) is 0.698. The van der Waals surface area contributed by atoms with Gasteiger partial charge in [-0.15, -0.1) is 6.42 Å². The van der Waals surface area contributed by atoms with E-state index in [-0.39, 0.29) is 30.4 Å². The van der Waals surface area contributed by atoms with Crippen molar-refractivity contribution in [2.75, 3.05) is 6.54 Å². The Morgan fingerprint density at radius 3 is 2.27 bits per heavy atom. The lowest BCUT2D eigenvalue weighted by Gasteiger charge is -2.32. The zero-order chi connectivity index (χ0) is 22.5. The summed E-state index contributed by atoms with van der Waals surface area (Å²) in [5.74, 6) is 1.94. The Hall–Kier alpha value is -3.01. The highest BCUT2D eigenvalue weighted by Crippen LogP contribution is 2.35. The fourth-order valence-electron chi connectivity index (χ4n) is 3.03. The van der Waals surface area contributed by atoms with Gasteiger partial charge in [0.15, 0.2) is 0 Å². The predicted molar refractivity (Wildman–Crippen MR) is 115 cm³/mol. The quantitative estimate of drug-likeness (QED) is 0.673. The molecular formula is C23H31N3O4. The molecule has 1 aromatic carbocycles. The zero-order valence-corrected chi connectivity index (χ0v) is 18.3. The Morgan fingerprint density at radius 2 is 1.80 bits per heavy atom. The first-order valence-electron chi connectivity index (χ1n) is 10.2. The molecule has 1 aromatic rings. The zero-order valence-electron chi connectivity index (χ0n) is 18.3. The van der Waals surface area contributed by atoms with Crippen molar-refractivity contribution in [3.05, 3.63) is 35.4 Å². The number of benzene rings is 1. The van der Waals surface area contributed by atoms with Crippen molar-refractivity contribution in [3.63, 3.8) is 0 Å². The Balaban J connectivity index is 2.25. The largest absolute Gasteiger partial charge is 0.444 e. The third kappa shape index (κ3) is 6.80. The molecule has 0 bridgehead atoms. The molecule has 1 aliphatic rings. The maximum absolute atomic E-state index is 13.1. The van der Waals surface area contributed by atoms with Crippen LogP contribution in [-0.2, 0) is 14.3 Å². The van der Waals surface area contributed by atoms with E-state index < -0.39 is 17.7 Å². The Kier molecular flexibility index (Phi) is 7.49. The molecule has 0 radical (unpaired) electrons.